The third kappa shape index (κ3) is 3.36. The monoisotopic (exact) mass is 450 g/mol. The fourth-order valence-corrected chi connectivity index (χ4v) is 7.26. The Balaban J connectivity index is 1.76. The van der Waals surface area contributed by atoms with Crippen molar-refractivity contribution in [3.05, 3.63) is 24.3 Å². The topological polar surface area (TPSA) is 71.1 Å². The Morgan fingerprint density at radius 3 is 1.30 bits per heavy atom. The van der Waals surface area contributed by atoms with Crippen LogP contribution in [0.1, 0.15) is 13.8 Å². The molecule has 0 N–H and O–H groups in total. The van der Waals surface area contributed by atoms with E-state index in [-0.39, 0.29) is 23.8 Å². The lowest BCUT2D eigenvalue weighted by atomic mass is 9.62. The number of carbonyl (C=O) groups is 2. The normalized spacial score (nSPS) is 41.3. The first-order valence-electron chi connectivity index (χ1n) is 10.8. The molecule has 0 unspecified atom stereocenters. The van der Waals surface area contributed by atoms with Gasteiger partial charge >= 0.3 is 11.9 Å². The highest BCUT2D eigenvalue weighted by atomic mass is 28.4. The Bertz CT molecular complexity index is 756. The maximum atomic E-state index is 12.5. The molecule has 0 bridgehead atoms. The van der Waals surface area contributed by atoms with Gasteiger partial charge in [-0.25, -0.2) is 0 Å². The van der Waals surface area contributed by atoms with E-state index in [4.69, 9.17) is 18.3 Å². The van der Waals surface area contributed by atoms with Gasteiger partial charge in [-0.15, -0.1) is 0 Å². The molecule has 0 amide bonds. The lowest BCUT2D eigenvalue weighted by Crippen LogP contribution is -2.60. The zero-order chi connectivity index (χ0) is 22.3. The minimum Gasteiger partial charge on any atom is -0.458 e. The molecular formula is C22H34O6Si2. The van der Waals surface area contributed by atoms with E-state index in [1.54, 1.807) is 0 Å². The zero-order valence-electron chi connectivity index (χ0n) is 19.2. The summed E-state index contributed by atoms with van der Waals surface area (Å²) in [5.41, 5.74) is -0.859. The van der Waals surface area contributed by atoms with Gasteiger partial charge in [-0.1, -0.05) is 38.2 Å². The molecule has 2 aliphatic carbocycles. The molecule has 8 atom stereocenters. The first kappa shape index (κ1) is 22.0. The van der Waals surface area contributed by atoms with Gasteiger partial charge in [0.15, 0.2) is 16.6 Å². The molecule has 0 saturated carbocycles. The molecule has 2 saturated heterocycles. The summed E-state index contributed by atoms with van der Waals surface area (Å²) in [7, 11) is -4.12. The summed E-state index contributed by atoms with van der Waals surface area (Å²) in [4.78, 5) is 25.1. The summed E-state index contributed by atoms with van der Waals surface area (Å²) in [6.45, 7) is 16.8. The van der Waals surface area contributed by atoms with Gasteiger partial charge in [0, 0.05) is 10.8 Å². The molecule has 0 aromatic rings. The van der Waals surface area contributed by atoms with Crippen molar-refractivity contribution in [2.75, 3.05) is 0 Å². The fraction of sp³-hybridized carbons (Fsp3) is 0.727. The summed E-state index contributed by atoms with van der Waals surface area (Å²) < 4.78 is 25.3. The fourth-order valence-electron chi connectivity index (χ4n) is 5.11. The average molecular weight is 451 g/mol. The summed E-state index contributed by atoms with van der Waals surface area (Å²) in [5.74, 6) is -0.921. The Morgan fingerprint density at radius 1 is 0.767 bits per heavy atom. The van der Waals surface area contributed by atoms with Crippen LogP contribution in [0, 0.1) is 22.7 Å². The molecule has 0 spiro atoms. The number of ether oxygens (including phenoxy) is 2. The number of carbonyl (C=O) groups excluding carboxylic acids is 2. The van der Waals surface area contributed by atoms with Gasteiger partial charge < -0.3 is 18.3 Å². The van der Waals surface area contributed by atoms with Crippen LogP contribution < -0.4 is 0 Å². The highest BCUT2D eigenvalue weighted by Crippen LogP contribution is 2.55. The lowest BCUT2D eigenvalue weighted by molar-refractivity contribution is -0.162. The summed E-state index contributed by atoms with van der Waals surface area (Å²) in [5, 5.41) is 0. The van der Waals surface area contributed by atoms with Crippen molar-refractivity contribution in [3.8, 4) is 0 Å². The number of esters is 2. The second-order valence-corrected chi connectivity index (χ2v) is 20.4. The van der Waals surface area contributed by atoms with E-state index in [1.807, 2.05) is 38.2 Å². The Kier molecular flexibility index (Phi) is 4.86. The number of hydrogen-bond acceptors (Lipinski definition) is 6. The molecule has 2 heterocycles. The predicted octanol–water partition coefficient (Wildman–Crippen LogP) is 3.66. The van der Waals surface area contributed by atoms with Gasteiger partial charge in [0.1, 0.15) is 24.4 Å². The third-order valence-electron chi connectivity index (χ3n) is 6.76. The van der Waals surface area contributed by atoms with Crippen molar-refractivity contribution in [1.82, 2.24) is 0 Å². The van der Waals surface area contributed by atoms with Crippen molar-refractivity contribution >= 4 is 28.6 Å². The summed E-state index contributed by atoms with van der Waals surface area (Å²) >= 11 is 0. The standard InChI is InChI=1S/C22H34O6Si2/c1-21-11-9-13(21)19(23)25-17(21)15(27-29(3,4)5)16(28-30(6,7)8)18-22(2)12-10-14(22)20(24)26-18/h9-18H,1-8H3/t13-,14-,15+,16+,17-,18-,21-,22-/m1/s1. The quantitative estimate of drug-likeness (QED) is 0.335. The molecule has 0 aromatic heterocycles. The van der Waals surface area contributed by atoms with E-state index in [1.165, 1.54) is 0 Å². The van der Waals surface area contributed by atoms with Crippen molar-refractivity contribution in [3.63, 3.8) is 0 Å². The van der Waals surface area contributed by atoms with E-state index < -0.39 is 51.9 Å². The van der Waals surface area contributed by atoms with E-state index >= 15 is 0 Å². The first-order chi connectivity index (χ1) is 13.7. The molecule has 4 aliphatic rings. The van der Waals surface area contributed by atoms with Crippen LogP contribution in [0.3, 0.4) is 0 Å². The van der Waals surface area contributed by atoms with E-state index in [0.29, 0.717) is 0 Å². The molecule has 0 aromatic carbocycles. The number of hydrogen-bond donors (Lipinski definition) is 0. The molecule has 8 heteroatoms. The van der Waals surface area contributed by atoms with Crippen molar-refractivity contribution in [2.45, 2.75) is 77.5 Å². The maximum absolute atomic E-state index is 12.5. The van der Waals surface area contributed by atoms with Gasteiger partial charge in [-0.05, 0) is 39.3 Å². The molecule has 4 rings (SSSR count). The van der Waals surface area contributed by atoms with Crippen molar-refractivity contribution in [2.24, 2.45) is 22.7 Å². The van der Waals surface area contributed by atoms with Crippen LogP contribution in [0.25, 0.3) is 0 Å². The van der Waals surface area contributed by atoms with Crippen LogP contribution in [0.15, 0.2) is 24.3 Å². The zero-order valence-corrected chi connectivity index (χ0v) is 21.2. The third-order valence-corrected chi connectivity index (χ3v) is 8.71. The van der Waals surface area contributed by atoms with E-state index in [9.17, 15) is 9.59 Å². The van der Waals surface area contributed by atoms with Gasteiger partial charge in [-0.3, -0.25) is 9.59 Å². The van der Waals surface area contributed by atoms with Crippen molar-refractivity contribution in [1.29, 1.82) is 0 Å². The average Bonchev–Trinajstić information content (AvgIpc) is 2.82. The number of rotatable bonds is 7. The van der Waals surface area contributed by atoms with Crippen LogP contribution in [0.2, 0.25) is 39.3 Å². The van der Waals surface area contributed by atoms with Gasteiger partial charge in [0.25, 0.3) is 0 Å². The first-order valence-corrected chi connectivity index (χ1v) is 17.6. The SMILES string of the molecule is C[C@@]12C=C[C@@H]1C(=O)O[C@@H]2[C@@H](O[Si](C)(C)C)[C@H](O[Si](C)(C)C)[C@H]1OC(=O)[C@H]2C=C[C@]21C. The lowest BCUT2D eigenvalue weighted by Gasteiger charge is -2.48. The maximum Gasteiger partial charge on any atom is 0.314 e. The van der Waals surface area contributed by atoms with Gasteiger partial charge in [-0.2, -0.15) is 0 Å². The Morgan fingerprint density at radius 2 is 1.10 bits per heavy atom. The summed E-state index contributed by atoms with van der Waals surface area (Å²) in [6, 6.07) is 0. The second kappa shape index (κ2) is 6.64. The smallest absolute Gasteiger partial charge is 0.314 e. The molecular weight excluding hydrogens is 416 g/mol. The van der Waals surface area contributed by atoms with E-state index in [2.05, 4.69) is 39.3 Å². The minimum atomic E-state index is -2.06. The molecule has 2 aliphatic heterocycles. The second-order valence-electron chi connectivity index (χ2n) is 11.5. The minimum absolute atomic E-state index is 0.211. The van der Waals surface area contributed by atoms with Crippen LogP contribution in [0.5, 0.6) is 0 Å². The van der Waals surface area contributed by atoms with Gasteiger partial charge in [0.05, 0.1) is 11.8 Å². The Labute approximate surface area is 181 Å². The molecule has 6 nitrogen and oxygen atoms in total. The van der Waals surface area contributed by atoms with Crippen LogP contribution in [0.4, 0.5) is 0 Å². The number of fused-ring (bicyclic) bond motifs is 2. The molecule has 30 heavy (non-hydrogen) atoms. The van der Waals surface area contributed by atoms with E-state index in [0.717, 1.165) is 0 Å². The van der Waals surface area contributed by atoms with Gasteiger partial charge in [0.2, 0.25) is 0 Å². The highest BCUT2D eigenvalue weighted by molar-refractivity contribution is 6.70. The highest BCUT2D eigenvalue weighted by Gasteiger charge is 2.65. The van der Waals surface area contributed by atoms with Crippen LogP contribution in [-0.4, -0.2) is 53.0 Å². The largest absolute Gasteiger partial charge is 0.458 e. The molecule has 0 radical (unpaired) electrons. The van der Waals surface area contributed by atoms with Crippen LogP contribution >= 0.6 is 0 Å². The molecule has 2 fully saturated rings. The van der Waals surface area contributed by atoms with Crippen LogP contribution in [-0.2, 0) is 27.9 Å². The number of cyclic esters (lactones) is 2. The predicted molar refractivity (Wildman–Crippen MR) is 118 cm³/mol. The molecule has 166 valence electrons. The van der Waals surface area contributed by atoms with Crippen molar-refractivity contribution < 1.29 is 27.9 Å². The summed E-state index contributed by atoms with van der Waals surface area (Å²) in [6.07, 6.45) is 5.95. The Hall–Kier alpha value is -1.23.